The highest BCUT2D eigenvalue weighted by molar-refractivity contribution is 7.13. The topological polar surface area (TPSA) is 91.4 Å². The fraction of sp³-hybridized carbons (Fsp3) is 0.294. The quantitative estimate of drug-likeness (QED) is 0.822. The minimum atomic E-state index is -0.822. The van der Waals surface area contributed by atoms with Crippen molar-refractivity contribution in [2.24, 2.45) is 0 Å². The molecule has 1 aliphatic heterocycles. The first-order valence-electron chi connectivity index (χ1n) is 7.89. The Morgan fingerprint density at radius 1 is 1.36 bits per heavy atom. The molecule has 0 bridgehead atoms. The van der Waals surface area contributed by atoms with Gasteiger partial charge < -0.3 is 10.6 Å². The maximum Gasteiger partial charge on any atom is 0.319 e. The molecular formula is C17H18N4O3S. The van der Waals surface area contributed by atoms with E-state index in [1.54, 1.807) is 32.2 Å². The SMILES string of the molecule is CC(C)N1C(=O)C[C@@H](NC(=O)Nc2cccc(-c3nccs3)c2)C1=O. The van der Waals surface area contributed by atoms with Crippen LogP contribution in [-0.4, -0.2) is 39.8 Å². The number of imide groups is 1. The normalized spacial score (nSPS) is 17.2. The molecule has 2 N–H and O–H groups in total. The summed E-state index contributed by atoms with van der Waals surface area (Å²) in [6.45, 7) is 3.53. The summed E-state index contributed by atoms with van der Waals surface area (Å²) in [5, 5.41) is 8.00. The molecule has 3 rings (SSSR count). The highest BCUT2D eigenvalue weighted by Crippen LogP contribution is 2.24. The fourth-order valence-electron chi connectivity index (χ4n) is 2.73. The Balaban J connectivity index is 1.65. The molecule has 4 amide bonds. The van der Waals surface area contributed by atoms with Crippen LogP contribution in [-0.2, 0) is 9.59 Å². The van der Waals surface area contributed by atoms with Crippen molar-refractivity contribution in [3.63, 3.8) is 0 Å². The third-order valence-electron chi connectivity index (χ3n) is 3.80. The lowest BCUT2D eigenvalue weighted by molar-refractivity contribution is -0.140. The molecule has 0 unspecified atom stereocenters. The Hall–Kier alpha value is -2.74. The number of likely N-dealkylation sites (tertiary alicyclic amines) is 1. The zero-order valence-corrected chi connectivity index (χ0v) is 14.7. The van der Waals surface area contributed by atoms with Gasteiger partial charge in [0.1, 0.15) is 11.0 Å². The summed E-state index contributed by atoms with van der Waals surface area (Å²) in [6, 6.07) is 5.72. The summed E-state index contributed by atoms with van der Waals surface area (Å²) >= 11 is 1.51. The minimum absolute atomic E-state index is 0.0103. The summed E-state index contributed by atoms with van der Waals surface area (Å²) in [5.74, 6) is -0.636. The monoisotopic (exact) mass is 358 g/mol. The number of nitrogens with zero attached hydrogens (tertiary/aromatic N) is 2. The van der Waals surface area contributed by atoms with Gasteiger partial charge in [0.05, 0.1) is 6.42 Å². The van der Waals surface area contributed by atoms with Crippen molar-refractivity contribution in [2.75, 3.05) is 5.32 Å². The third-order valence-corrected chi connectivity index (χ3v) is 4.63. The van der Waals surface area contributed by atoms with Crippen LogP contribution in [0.15, 0.2) is 35.8 Å². The average molecular weight is 358 g/mol. The van der Waals surface area contributed by atoms with Crippen molar-refractivity contribution in [2.45, 2.75) is 32.4 Å². The van der Waals surface area contributed by atoms with E-state index >= 15 is 0 Å². The van der Waals surface area contributed by atoms with Crippen LogP contribution in [0.3, 0.4) is 0 Å². The van der Waals surface area contributed by atoms with Crippen LogP contribution in [0.25, 0.3) is 10.6 Å². The van der Waals surface area contributed by atoms with Crippen LogP contribution < -0.4 is 10.6 Å². The zero-order chi connectivity index (χ0) is 18.0. The van der Waals surface area contributed by atoms with Crippen molar-refractivity contribution >= 4 is 34.9 Å². The van der Waals surface area contributed by atoms with Crippen LogP contribution in [0.5, 0.6) is 0 Å². The molecule has 130 valence electrons. The number of hydrogen-bond donors (Lipinski definition) is 2. The van der Waals surface area contributed by atoms with Crippen molar-refractivity contribution in [1.29, 1.82) is 0 Å². The molecule has 1 aromatic heterocycles. The van der Waals surface area contributed by atoms with Gasteiger partial charge in [0, 0.05) is 28.9 Å². The first-order chi connectivity index (χ1) is 12.0. The highest BCUT2D eigenvalue weighted by Gasteiger charge is 2.40. The van der Waals surface area contributed by atoms with Crippen molar-refractivity contribution in [3.05, 3.63) is 35.8 Å². The molecule has 1 fully saturated rings. The molecule has 0 aliphatic carbocycles. The molecule has 2 aromatic rings. The first kappa shape index (κ1) is 17.1. The number of anilines is 1. The predicted octanol–water partition coefficient (Wildman–Crippen LogP) is 2.47. The van der Waals surface area contributed by atoms with Gasteiger partial charge in [0.25, 0.3) is 5.91 Å². The van der Waals surface area contributed by atoms with Gasteiger partial charge >= 0.3 is 6.03 Å². The number of amides is 4. The summed E-state index contributed by atoms with van der Waals surface area (Å²) in [4.78, 5) is 41.7. The summed E-state index contributed by atoms with van der Waals surface area (Å²) in [7, 11) is 0. The summed E-state index contributed by atoms with van der Waals surface area (Å²) < 4.78 is 0. The number of urea groups is 1. The molecule has 0 spiro atoms. The Morgan fingerprint density at radius 3 is 2.80 bits per heavy atom. The van der Waals surface area contributed by atoms with E-state index in [-0.39, 0.29) is 24.3 Å². The number of nitrogens with one attached hydrogen (secondary N) is 2. The lowest BCUT2D eigenvalue weighted by atomic mass is 10.2. The molecule has 0 radical (unpaired) electrons. The second-order valence-corrected chi connectivity index (χ2v) is 6.86. The smallest absolute Gasteiger partial charge is 0.319 e. The van der Waals surface area contributed by atoms with Crippen molar-refractivity contribution in [1.82, 2.24) is 15.2 Å². The van der Waals surface area contributed by atoms with Crippen LogP contribution in [0.2, 0.25) is 0 Å². The molecule has 25 heavy (non-hydrogen) atoms. The molecule has 1 aromatic carbocycles. The largest absolute Gasteiger partial charge is 0.326 e. The molecule has 0 saturated carbocycles. The van der Waals surface area contributed by atoms with E-state index in [4.69, 9.17) is 0 Å². The summed E-state index contributed by atoms with van der Waals surface area (Å²) in [6.07, 6.45) is 1.71. The first-order valence-corrected chi connectivity index (χ1v) is 8.77. The second-order valence-electron chi connectivity index (χ2n) is 5.97. The van der Waals surface area contributed by atoms with Gasteiger partial charge in [-0.05, 0) is 26.0 Å². The van der Waals surface area contributed by atoms with Gasteiger partial charge in [-0.25, -0.2) is 9.78 Å². The number of benzene rings is 1. The second kappa shape index (κ2) is 7.02. The molecule has 1 saturated heterocycles. The molecular weight excluding hydrogens is 340 g/mol. The van der Waals surface area contributed by atoms with Gasteiger partial charge in [0.15, 0.2) is 0 Å². The van der Waals surface area contributed by atoms with Crippen molar-refractivity contribution in [3.8, 4) is 10.6 Å². The van der Waals surface area contributed by atoms with Crippen molar-refractivity contribution < 1.29 is 14.4 Å². The number of rotatable bonds is 4. The van der Waals surface area contributed by atoms with Crippen LogP contribution in [0.1, 0.15) is 20.3 Å². The van der Waals surface area contributed by atoms with E-state index in [2.05, 4.69) is 15.6 Å². The maximum atomic E-state index is 12.2. The van der Waals surface area contributed by atoms with Crippen LogP contribution in [0.4, 0.5) is 10.5 Å². The van der Waals surface area contributed by atoms with E-state index < -0.39 is 12.1 Å². The fourth-order valence-corrected chi connectivity index (χ4v) is 3.36. The maximum absolute atomic E-state index is 12.2. The lowest BCUT2D eigenvalue weighted by Crippen LogP contribution is -2.45. The number of aromatic nitrogens is 1. The Kier molecular flexibility index (Phi) is 4.80. The van der Waals surface area contributed by atoms with E-state index in [1.165, 1.54) is 16.2 Å². The van der Waals surface area contributed by atoms with E-state index in [0.29, 0.717) is 5.69 Å². The van der Waals surface area contributed by atoms with Gasteiger partial charge in [-0.1, -0.05) is 12.1 Å². The standard InChI is InChI=1S/C17H18N4O3S/c1-10(2)21-14(22)9-13(16(21)23)20-17(24)19-12-5-3-4-11(8-12)15-18-6-7-25-15/h3-8,10,13H,9H2,1-2H3,(H2,19,20,24)/t13-/m1/s1. The molecule has 1 aliphatic rings. The predicted molar refractivity (Wildman–Crippen MR) is 95.1 cm³/mol. The number of hydrogen-bond acceptors (Lipinski definition) is 5. The Morgan fingerprint density at radius 2 is 2.16 bits per heavy atom. The minimum Gasteiger partial charge on any atom is -0.326 e. The average Bonchev–Trinajstić information content (AvgIpc) is 3.16. The van der Waals surface area contributed by atoms with Gasteiger partial charge in [-0.2, -0.15) is 0 Å². The molecule has 2 heterocycles. The van der Waals surface area contributed by atoms with Gasteiger partial charge in [-0.15, -0.1) is 11.3 Å². The molecule has 8 heteroatoms. The summed E-state index contributed by atoms with van der Waals surface area (Å²) in [5.41, 5.74) is 1.48. The number of thiazole rings is 1. The Labute approximate surface area is 149 Å². The zero-order valence-electron chi connectivity index (χ0n) is 13.9. The van der Waals surface area contributed by atoms with Gasteiger partial charge in [-0.3, -0.25) is 14.5 Å². The molecule has 7 nitrogen and oxygen atoms in total. The highest BCUT2D eigenvalue weighted by atomic mass is 32.1. The third kappa shape index (κ3) is 3.69. The van der Waals surface area contributed by atoms with Crippen LogP contribution >= 0.6 is 11.3 Å². The van der Waals surface area contributed by atoms with Gasteiger partial charge in [0.2, 0.25) is 5.91 Å². The molecule has 1 atom stereocenters. The number of carbonyl (C=O) groups excluding carboxylic acids is 3. The number of carbonyl (C=O) groups is 3. The van der Waals surface area contributed by atoms with E-state index in [9.17, 15) is 14.4 Å². The van der Waals surface area contributed by atoms with Crippen LogP contribution in [0, 0.1) is 0 Å². The van der Waals surface area contributed by atoms with E-state index in [1.807, 2.05) is 17.5 Å². The van der Waals surface area contributed by atoms with E-state index in [0.717, 1.165) is 10.6 Å². The Bertz CT molecular complexity index is 804. The lowest BCUT2D eigenvalue weighted by Gasteiger charge is -2.19.